The fourth-order valence-electron chi connectivity index (χ4n) is 4.59. The predicted octanol–water partition coefficient (Wildman–Crippen LogP) is 5.60. The van der Waals surface area contributed by atoms with Crippen LogP contribution < -0.4 is 4.74 Å². The Hall–Kier alpha value is -3.07. The number of hydrogen-bond donors (Lipinski definition) is 1. The first kappa shape index (κ1) is 24.6. The summed E-state index contributed by atoms with van der Waals surface area (Å²) in [6.07, 6.45) is 4.73. The summed E-state index contributed by atoms with van der Waals surface area (Å²) in [5, 5.41) is 10.3. The molecule has 1 saturated heterocycles. The first-order valence-corrected chi connectivity index (χ1v) is 12.5. The van der Waals surface area contributed by atoms with Crippen LogP contribution in [-0.2, 0) is 26.6 Å². The third kappa shape index (κ3) is 5.51. The van der Waals surface area contributed by atoms with Crippen molar-refractivity contribution < 1.29 is 19.1 Å². The first-order chi connectivity index (χ1) is 17.4. The molecule has 10 heteroatoms. The third-order valence-electron chi connectivity index (χ3n) is 6.63. The van der Waals surface area contributed by atoms with Gasteiger partial charge < -0.3 is 18.8 Å². The fraction of sp³-hybridized carbons (Fsp3) is 0.346. The van der Waals surface area contributed by atoms with Crippen LogP contribution >= 0.6 is 23.2 Å². The highest BCUT2D eigenvalue weighted by molar-refractivity contribution is 6.35. The van der Waals surface area contributed by atoms with Crippen LogP contribution in [0.5, 0.6) is 5.75 Å². The molecule has 0 atom stereocenters. The topological polar surface area (TPSA) is 93.6 Å². The van der Waals surface area contributed by atoms with Crippen LogP contribution in [0.15, 0.2) is 47.0 Å². The number of halogens is 2. The van der Waals surface area contributed by atoms with Crippen molar-refractivity contribution in [1.29, 1.82) is 0 Å². The average molecular weight is 529 g/mol. The number of aryl methyl sites for hydroxylation is 1. The van der Waals surface area contributed by atoms with E-state index in [0.29, 0.717) is 27.6 Å². The molecular weight excluding hydrogens is 503 g/mol. The Labute approximate surface area is 218 Å². The molecule has 2 aromatic carbocycles. The number of carbonyl (C=O) groups is 1. The van der Waals surface area contributed by atoms with E-state index in [-0.39, 0.29) is 12.2 Å². The Kier molecular flexibility index (Phi) is 7.18. The monoisotopic (exact) mass is 528 g/mol. The van der Waals surface area contributed by atoms with Gasteiger partial charge in [0.25, 0.3) is 0 Å². The number of oxazole rings is 1. The molecule has 1 fully saturated rings. The minimum absolute atomic E-state index is 0.200. The van der Waals surface area contributed by atoms with Crippen molar-refractivity contribution in [3.8, 4) is 5.75 Å². The third-order valence-corrected chi connectivity index (χ3v) is 7.16. The molecule has 1 aliphatic heterocycles. The summed E-state index contributed by atoms with van der Waals surface area (Å²) in [6, 6.07) is 10.1. The highest BCUT2D eigenvalue weighted by atomic mass is 35.5. The summed E-state index contributed by atoms with van der Waals surface area (Å²) in [4.78, 5) is 22.8. The van der Waals surface area contributed by atoms with Crippen LogP contribution in [0.4, 0.5) is 0 Å². The molecule has 1 aliphatic rings. The molecule has 1 N–H and O–H groups in total. The molecule has 36 heavy (non-hydrogen) atoms. The molecule has 0 saturated carbocycles. The maximum atomic E-state index is 11.3. The standard InChI is InChI=1S/C26H26Cl2N4O4/c1-31-22-11-17(26(33)34)2-4-21(22)30-24(31)14-32-8-6-16(7-9-32)10-19-13-29-25(36-19)15-35-23-5-3-18(27)12-20(23)28/h2-5,11-13,16H,6-10,14-15H2,1H3,(H,33,34). The van der Waals surface area contributed by atoms with Crippen LogP contribution in [-0.4, -0.2) is 43.6 Å². The van der Waals surface area contributed by atoms with Gasteiger partial charge in [-0.05, 0) is 68.2 Å². The lowest BCUT2D eigenvalue weighted by molar-refractivity contribution is 0.0697. The molecule has 0 unspecified atom stereocenters. The van der Waals surface area contributed by atoms with Gasteiger partial charge in [-0.25, -0.2) is 14.8 Å². The molecule has 2 aromatic heterocycles. The van der Waals surface area contributed by atoms with Crippen LogP contribution in [0.3, 0.4) is 0 Å². The number of imidazole rings is 1. The molecule has 0 amide bonds. The van der Waals surface area contributed by atoms with Crippen LogP contribution in [0.25, 0.3) is 11.0 Å². The maximum absolute atomic E-state index is 11.3. The lowest BCUT2D eigenvalue weighted by atomic mass is 9.93. The molecule has 3 heterocycles. The number of ether oxygens (including phenoxy) is 1. The lowest BCUT2D eigenvalue weighted by Crippen LogP contribution is -2.34. The number of aromatic carboxylic acids is 1. The molecule has 0 aliphatic carbocycles. The minimum Gasteiger partial charge on any atom is -0.482 e. The Balaban J connectivity index is 1.12. The van der Waals surface area contributed by atoms with Gasteiger partial charge in [-0.15, -0.1) is 0 Å². The zero-order chi connectivity index (χ0) is 25.2. The zero-order valence-corrected chi connectivity index (χ0v) is 21.3. The van der Waals surface area contributed by atoms with Gasteiger partial charge >= 0.3 is 5.97 Å². The number of benzene rings is 2. The second-order valence-electron chi connectivity index (χ2n) is 9.10. The number of carboxylic acids is 1. The van der Waals surface area contributed by atoms with Gasteiger partial charge in [0.05, 0.1) is 34.4 Å². The number of piperidine rings is 1. The van der Waals surface area contributed by atoms with Crippen molar-refractivity contribution in [3.63, 3.8) is 0 Å². The van der Waals surface area contributed by atoms with Crippen molar-refractivity contribution >= 4 is 40.2 Å². The number of fused-ring (bicyclic) bond motifs is 1. The average Bonchev–Trinajstić information content (AvgIpc) is 3.43. The van der Waals surface area contributed by atoms with Crippen molar-refractivity contribution in [3.05, 3.63) is 75.7 Å². The van der Waals surface area contributed by atoms with Gasteiger partial charge in [-0.3, -0.25) is 4.90 Å². The van der Waals surface area contributed by atoms with Crippen molar-refractivity contribution in [2.75, 3.05) is 13.1 Å². The minimum atomic E-state index is -0.931. The Morgan fingerprint density at radius 2 is 2.00 bits per heavy atom. The molecule has 5 rings (SSSR count). The smallest absolute Gasteiger partial charge is 0.335 e. The SMILES string of the molecule is Cn1c(CN2CCC(Cc3cnc(COc4ccc(Cl)cc4Cl)o3)CC2)nc2ccc(C(=O)O)cc21. The van der Waals surface area contributed by atoms with Gasteiger partial charge in [-0.2, -0.15) is 0 Å². The van der Waals surface area contributed by atoms with Gasteiger partial charge in [0, 0.05) is 18.5 Å². The van der Waals surface area contributed by atoms with Gasteiger partial charge in [0.15, 0.2) is 6.61 Å². The Bertz CT molecular complexity index is 1390. The van der Waals surface area contributed by atoms with E-state index < -0.39 is 5.97 Å². The molecule has 4 aromatic rings. The number of likely N-dealkylation sites (tertiary alicyclic amines) is 1. The number of nitrogens with zero attached hydrogens (tertiary/aromatic N) is 4. The summed E-state index contributed by atoms with van der Waals surface area (Å²) >= 11 is 12.1. The normalized spacial score (nSPS) is 15.0. The van der Waals surface area contributed by atoms with E-state index >= 15 is 0 Å². The highest BCUT2D eigenvalue weighted by Crippen LogP contribution is 2.29. The van der Waals surface area contributed by atoms with E-state index in [2.05, 4.69) is 9.88 Å². The van der Waals surface area contributed by atoms with Gasteiger partial charge in [0.1, 0.15) is 17.3 Å². The van der Waals surface area contributed by atoms with Crippen LogP contribution in [0.2, 0.25) is 10.0 Å². The second kappa shape index (κ2) is 10.5. The Morgan fingerprint density at radius 1 is 1.19 bits per heavy atom. The summed E-state index contributed by atoms with van der Waals surface area (Å²) in [7, 11) is 1.94. The van der Waals surface area contributed by atoms with Crippen LogP contribution in [0.1, 0.15) is 40.7 Å². The van der Waals surface area contributed by atoms with E-state index in [1.807, 2.05) is 11.6 Å². The number of hydrogen-bond acceptors (Lipinski definition) is 6. The van der Waals surface area contributed by atoms with Gasteiger partial charge in [0.2, 0.25) is 5.89 Å². The largest absolute Gasteiger partial charge is 0.482 e. The quantitative estimate of drug-likeness (QED) is 0.318. The summed E-state index contributed by atoms with van der Waals surface area (Å²) in [5.74, 6) is 2.44. The van der Waals surface area contributed by atoms with E-state index in [1.54, 1.807) is 42.6 Å². The molecule has 0 bridgehead atoms. The van der Waals surface area contributed by atoms with E-state index in [9.17, 15) is 9.90 Å². The summed E-state index contributed by atoms with van der Waals surface area (Å²) < 4.78 is 13.6. The second-order valence-corrected chi connectivity index (χ2v) is 9.95. The first-order valence-electron chi connectivity index (χ1n) is 11.8. The van der Waals surface area contributed by atoms with Crippen LogP contribution in [0, 0.1) is 5.92 Å². The lowest BCUT2D eigenvalue weighted by Gasteiger charge is -2.31. The molecule has 0 radical (unpaired) electrons. The van der Waals surface area contributed by atoms with Crippen molar-refractivity contribution in [2.45, 2.75) is 32.4 Å². The molecule has 8 nitrogen and oxygen atoms in total. The summed E-state index contributed by atoms with van der Waals surface area (Å²) in [5.41, 5.74) is 1.92. The van der Waals surface area contributed by atoms with Crippen molar-refractivity contribution in [2.24, 2.45) is 13.0 Å². The van der Waals surface area contributed by atoms with Crippen molar-refractivity contribution in [1.82, 2.24) is 19.4 Å². The van der Waals surface area contributed by atoms with Gasteiger partial charge in [-0.1, -0.05) is 23.2 Å². The predicted molar refractivity (Wildman–Crippen MR) is 137 cm³/mol. The van der Waals surface area contributed by atoms with E-state index in [1.165, 1.54) is 0 Å². The highest BCUT2D eigenvalue weighted by Gasteiger charge is 2.23. The zero-order valence-electron chi connectivity index (χ0n) is 19.8. The molecular formula is C26H26Cl2N4O4. The number of rotatable bonds is 8. The number of aromatic nitrogens is 3. The fourth-order valence-corrected chi connectivity index (χ4v) is 5.05. The van der Waals surface area contributed by atoms with E-state index in [0.717, 1.165) is 61.5 Å². The van der Waals surface area contributed by atoms with E-state index in [4.69, 9.17) is 37.3 Å². The molecule has 0 spiro atoms. The Morgan fingerprint density at radius 3 is 2.75 bits per heavy atom. The molecule has 188 valence electrons. The number of carboxylic acid groups (broad SMARTS) is 1. The maximum Gasteiger partial charge on any atom is 0.335 e. The summed E-state index contributed by atoms with van der Waals surface area (Å²) in [6.45, 7) is 2.87.